The summed E-state index contributed by atoms with van der Waals surface area (Å²) in [6.07, 6.45) is 0. The van der Waals surface area contributed by atoms with Crippen LogP contribution in [0.4, 0.5) is 0 Å². The van der Waals surface area contributed by atoms with Gasteiger partial charge >= 0.3 is 11.9 Å². The van der Waals surface area contributed by atoms with E-state index in [1.807, 2.05) is 111 Å². The maximum Gasteiger partial charge on any atom is 0.328 e. The van der Waals surface area contributed by atoms with Crippen LogP contribution in [-0.4, -0.2) is 11.9 Å². The fourth-order valence-corrected chi connectivity index (χ4v) is 5.69. The Bertz CT molecular complexity index is 1350. The van der Waals surface area contributed by atoms with E-state index < -0.39 is 22.8 Å². The molecule has 2 heterocycles. The molecular weight excluding hydrogens is 424 g/mol. The molecule has 0 radical (unpaired) electrons. The summed E-state index contributed by atoms with van der Waals surface area (Å²) >= 11 is 0. The Morgan fingerprint density at radius 1 is 0.529 bits per heavy atom. The molecule has 4 aromatic rings. The molecule has 0 saturated carbocycles. The minimum Gasteiger partial charge on any atom is -0.425 e. The number of ether oxygens (including phenoxy) is 2. The lowest BCUT2D eigenvalue weighted by Crippen LogP contribution is -2.58. The van der Waals surface area contributed by atoms with E-state index in [1.165, 1.54) is 0 Å². The molecule has 0 N–H and O–H groups in total. The number of rotatable bonds is 3. The Morgan fingerprint density at radius 2 is 0.912 bits per heavy atom. The van der Waals surface area contributed by atoms with Crippen LogP contribution in [0.25, 0.3) is 0 Å². The van der Waals surface area contributed by atoms with Gasteiger partial charge in [0, 0.05) is 11.1 Å². The maximum absolute atomic E-state index is 14.2. The first-order valence-corrected chi connectivity index (χ1v) is 11.3. The first kappa shape index (κ1) is 20.4. The van der Waals surface area contributed by atoms with Crippen LogP contribution in [0.1, 0.15) is 33.4 Å². The van der Waals surface area contributed by atoms with Crippen molar-refractivity contribution >= 4 is 11.9 Å². The molecule has 0 bridgehead atoms. The van der Waals surface area contributed by atoms with Crippen LogP contribution in [0.2, 0.25) is 0 Å². The van der Waals surface area contributed by atoms with Gasteiger partial charge in [0.2, 0.25) is 0 Å². The van der Waals surface area contributed by atoms with Gasteiger partial charge in [-0.05, 0) is 37.1 Å². The lowest BCUT2D eigenvalue weighted by Gasteiger charge is -2.42. The quantitative estimate of drug-likeness (QED) is 0.312. The number of carbonyl (C=O) groups excluding carboxylic acids is 2. The first-order chi connectivity index (χ1) is 16.5. The van der Waals surface area contributed by atoms with Crippen molar-refractivity contribution in [3.8, 4) is 11.5 Å². The molecule has 0 amide bonds. The summed E-state index contributed by atoms with van der Waals surface area (Å²) in [5.74, 6) is -0.0590. The maximum atomic E-state index is 14.2. The molecule has 0 fully saturated rings. The second kappa shape index (κ2) is 7.16. The molecule has 0 spiro atoms. The smallest absolute Gasteiger partial charge is 0.328 e. The van der Waals surface area contributed by atoms with E-state index in [4.69, 9.17) is 9.47 Å². The monoisotopic (exact) mass is 446 g/mol. The van der Waals surface area contributed by atoms with E-state index >= 15 is 0 Å². The molecule has 0 unspecified atom stereocenters. The molecule has 34 heavy (non-hydrogen) atoms. The summed E-state index contributed by atoms with van der Waals surface area (Å²) in [4.78, 5) is 28.5. The van der Waals surface area contributed by atoms with E-state index in [0.717, 1.165) is 11.1 Å². The summed E-state index contributed by atoms with van der Waals surface area (Å²) in [6.45, 7) is 3.94. The molecule has 0 saturated heterocycles. The molecule has 2 aliphatic rings. The van der Waals surface area contributed by atoms with Crippen molar-refractivity contribution in [2.24, 2.45) is 0 Å². The molecule has 0 aliphatic carbocycles. The van der Waals surface area contributed by atoms with E-state index in [1.54, 1.807) is 0 Å². The van der Waals surface area contributed by atoms with Gasteiger partial charge in [-0.25, -0.2) is 0 Å². The molecule has 2 aliphatic heterocycles. The van der Waals surface area contributed by atoms with Gasteiger partial charge in [-0.1, -0.05) is 96.1 Å². The van der Waals surface area contributed by atoms with Crippen LogP contribution in [0.3, 0.4) is 0 Å². The SMILES string of the molecule is Cc1ccc2c(c1)[C@](c1ccccc1)([C@@]1(c3ccccc3)C(=O)Oc3ccc(C)cc31)C(=O)O2. The van der Waals surface area contributed by atoms with Crippen molar-refractivity contribution in [3.05, 3.63) is 130 Å². The van der Waals surface area contributed by atoms with Crippen LogP contribution < -0.4 is 9.47 Å². The van der Waals surface area contributed by atoms with Crippen molar-refractivity contribution in [2.75, 3.05) is 0 Å². The Morgan fingerprint density at radius 3 is 1.29 bits per heavy atom. The van der Waals surface area contributed by atoms with E-state index in [0.29, 0.717) is 33.8 Å². The van der Waals surface area contributed by atoms with Crippen LogP contribution >= 0.6 is 0 Å². The van der Waals surface area contributed by atoms with Crippen molar-refractivity contribution in [1.29, 1.82) is 0 Å². The zero-order valence-electron chi connectivity index (χ0n) is 18.9. The Balaban J connectivity index is 1.86. The number of hydrogen-bond donors (Lipinski definition) is 0. The predicted molar refractivity (Wildman–Crippen MR) is 128 cm³/mol. The largest absolute Gasteiger partial charge is 0.425 e. The Hall–Kier alpha value is -4.18. The number of esters is 2. The summed E-state index contributed by atoms with van der Waals surface area (Å²) in [6, 6.07) is 30.3. The lowest BCUT2D eigenvalue weighted by atomic mass is 9.52. The second-order valence-corrected chi connectivity index (χ2v) is 9.01. The normalized spacial score (nSPS) is 22.6. The minimum absolute atomic E-state index is 0.462. The highest BCUT2D eigenvalue weighted by Gasteiger charge is 2.72. The lowest BCUT2D eigenvalue weighted by molar-refractivity contribution is -0.147. The van der Waals surface area contributed by atoms with Gasteiger partial charge in [-0.15, -0.1) is 0 Å². The molecule has 166 valence electrons. The third-order valence-electron chi connectivity index (χ3n) is 7.07. The van der Waals surface area contributed by atoms with Gasteiger partial charge in [0.05, 0.1) is 0 Å². The zero-order chi connectivity index (χ0) is 23.5. The van der Waals surface area contributed by atoms with Crippen LogP contribution in [0.15, 0.2) is 97.1 Å². The Kier molecular flexibility index (Phi) is 4.30. The standard InChI is InChI=1S/C30H22O4/c1-19-13-15-25-23(17-19)29(27(31)33-25,21-9-5-3-6-10-21)30(22-11-7-4-8-12-22)24-18-20(2)14-16-26(24)34-28(30)32/h3-18H,1-2H3/t29-,30+. The van der Waals surface area contributed by atoms with Crippen LogP contribution in [0, 0.1) is 13.8 Å². The van der Waals surface area contributed by atoms with Gasteiger partial charge in [0.15, 0.2) is 0 Å². The average molecular weight is 447 g/mol. The highest BCUT2D eigenvalue weighted by Crippen LogP contribution is 2.62. The molecular formula is C30H22O4. The zero-order valence-corrected chi connectivity index (χ0v) is 18.9. The average Bonchev–Trinajstić information content (AvgIpc) is 3.30. The van der Waals surface area contributed by atoms with Gasteiger partial charge in [0.25, 0.3) is 0 Å². The van der Waals surface area contributed by atoms with Gasteiger partial charge in [0.1, 0.15) is 22.3 Å². The van der Waals surface area contributed by atoms with E-state index in [-0.39, 0.29) is 0 Å². The molecule has 2 atom stereocenters. The van der Waals surface area contributed by atoms with Crippen LogP contribution in [0.5, 0.6) is 11.5 Å². The van der Waals surface area contributed by atoms with Crippen molar-refractivity contribution in [1.82, 2.24) is 0 Å². The summed E-state index contributed by atoms with van der Waals surface area (Å²) in [5.41, 5.74) is 1.67. The van der Waals surface area contributed by atoms with Gasteiger partial charge in [-0.3, -0.25) is 9.59 Å². The van der Waals surface area contributed by atoms with Crippen molar-refractivity contribution in [2.45, 2.75) is 24.7 Å². The third-order valence-corrected chi connectivity index (χ3v) is 7.07. The first-order valence-electron chi connectivity index (χ1n) is 11.3. The fourth-order valence-electron chi connectivity index (χ4n) is 5.69. The Labute approximate surface area is 197 Å². The summed E-state index contributed by atoms with van der Waals surface area (Å²) < 4.78 is 11.9. The number of aryl methyl sites for hydroxylation is 2. The highest BCUT2D eigenvalue weighted by molar-refractivity contribution is 6.09. The molecule has 6 rings (SSSR count). The number of carbonyl (C=O) groups is 2. The minimum atomic E-state index is -1.48. The number of hydrogen-bond acceptors (Lipinski definition) is 4. The molecule has 4 aromatic carbocycles. The summed E-state index contributed by atoms with van der Waals surface area (Å²) in [5, 5.41) is 0. The highest BCUT2D eigenvalue weighted by atomic mass is 16.6. The van der Waals surface area contributed by atoms with Gasteiger partial charge < -0.3 is 9.47 Å². The topological polar surface area (TPSA) is 52.6 Å². The second-order valence-electron chi connectivity index (χ2n) is 9.01. The van der Waals surface area contributed by atoms with E-state index in [2.05, 4.69) is 0 Å². The predicted octanol–water partition coefficient (Wildman–Crippen LogP) is 5.41. The summed E-state index contributed by atoms with van der Waals surface area (Å²) in [7, 11) is 0. The molecule has 4 heteroatoms. The fraction of sp³-hybridized carbons (Fsp3) is 0.133. The van der Waals surface area contributed by atoms with Crippen molar-refractivity contribution < 1.29 is 19.1 Å². The molecule has 4 nitrogen and oxygen atoms in total. The third kappa shape index (κ3) is 2.43. The molecule has 0 aromatic heterocycles. The van der Waals surface area contributed by atoms with Gasteiger partial charge in [-0.2, -0.15) is 0 Å². The van der Waals surface area contributed by atoms with Crippen LogP contribution in [-0.2, 0) is 20.4 Å². The number of benzene rings is 4. The van der Waals surface area contributed by atoms with Crippen molar-refractivity contribution in [3.63, 3.8) is 0 Å². The van der Waals surface area contributed by atoms with E-state index in [9.17, 15) is 9.59 Å². The number of fused-ring (bicyclic) bond motifs is 2.